The monoisotopic (exact) mass is 412 g/mol. The van der Waals surface area contributed by atoms with Crippen molar-refractivity contribution < 1.29 is 28.4 Å². The molecular weight excluding hydrogens is 384 g/mol. The van der Waals surface area contributed by atoms with E-state index in [0.29, 0.717) is 26.4 Å². The third-order valence-electron chi connectivity index (χ3n) is 5.90. The van der Waals surface area contributed by atoms with E-state index in [1.165, 1.54) is 0 Å². The summed E-state index contributed by atoms with van der Waals surface area (Å²) in [4.78, 5) is 0. The molecule has 2 aromatic carbocycles. The highest BCUT2D eigenvalue weighted by Crippen LogP contribution is 2.42. The van der Waals surface area contributed by atoms with E-state index in [1.54, 1.807) is 0 Å². The standard InChI is InChI=1S/C24H28O6/c1-23(2)29-16-24(30-23)22(27-12-17-8-4-3-5-9-17)21-20(15-28-24)25-13-18-10-6-7-11-19(18)14-26-21/h3-11,20-22H,12-16H2,1-2H3/t20-,21-,22+,24+/m1/s1. The van der Waals surface area contributed by atoms with Gasteiger partial charge in [0.25, 0.3) is 0 Å². The predicted molar refractivity (Wildman–Crippen MR) is 108 cm³/mol. The van der Waals surface area contributed by atoms with E-state index in [1.807, 2.05) is 56.3 Å². The molecule has 0 bridgehead atoms. The third-order valence-corrected chi connectivity index (χ3v) is 5.90. The summed E-state index contributed by atoms with van der Waals surface area (Å²) in [5.41, 5.74) is 3.34. The Morgan fingerprint density at radius 2 is 1.60 bits per heavy atom. The van der Waals surface area contributed by atoms with Crippen molar-refractivity contribution in [3.8, 4) is 0 Å². The van der Waals surface area contributed by atoms with Gasteiger partial charge in [-0.3, -0.25) is 0 Å². The van der Waals surface area contributed by atoms with Crippen LogP contribution in [0.1, 0.15) is 30.5 Å². The Labute approximate surface area is 177 Å². The zero-order valence-corrected chi connectivity index (χ0v) is 17.4. The second kappa shape index (κ2) is 8.04. The number of ether oxygens (including phenoxy) is 6. The summed E-state index contributed by atoms with van der Waals surface area (Å²) >= 11 is 0. The SMILES string of the molecule is CC1(C)OC[C@]2(OC[C@H]3OCc4ccccc4CO[C@H]3[C@@H]2OCc2ccccc2)O1. The molecule has 0 N–H and O–H groups in total. The number of hydrogen-bond donors (Lipinski definition) is 0. The number of hydrogen-bond acceptors (Lipinski definition) is 6. The minimum Gasteiger partial charge on any atom is -0.368 e. The van der Waals surface area contributed by atoms with Crippen LogP contribution in [0.25, 0.3) is 0 Å². The largest absolute Gasteiger partial charge is 0.368 e. The first-order valence-electron chi connectivity index (χ1n) is 10.5. The van der Waals surface area contributed by atoms with Crippen LogP contribution in [0.5, 0.6) is 0 Å². The molecule has 0 aliphatic carbocycles. The molecule has 4 atom stereocenters. The molecular formula is C24H28O6. The van der Waals surface area contributed by atoms with Crippen molar-refractivity contribution in [1.82, 2.24) is 0 Å². The summed E-state index contributed by atoms with van der Waals surface area (Å²) in [6.07, 6.45) is -1.09. The summed E-state index contributed by atoms with van der Waals surface area (Å²) in [5.74, 6) is -1.78. The fourth-order valence-electron chi connectivity index (χ4n) is 4.35. The highest BCUT2D eigenvalue weighted by atomic mass is 16.8. The molecule has 5 rings (SSSR count). The normalized spacial score (nSPS) is 32.8. The Bertz CT molecular complexity index is 869. The maximum atomic E-state index is 6.42. The van der Waals surface area contributed by atoms with E-state index >= 15 is 0 Å². The molecule has 2 aromatic rings. The second-order valence-electron chi connectivity index (χ2n) is 8.52. The van der Waals surface area contributed by atoms with E-state index in [-0.39, 0.29) is 18.8 Å². The summed E-state index contributed by atoms with van der Waals surface area (Å²) in [6, 6.07) is 18.3. The molecule has 0 amide bonds. The van der Waals surface area contributed by atoms with Crippen LogP contribution in [0.2, 0.25) is 0 Å². The van der Waals surface area contributed by atoms with E-state index in [2.05, 4.69) is 12.1 Å². The van der Waals surface area contributed by atoms with Gasteiger partial charge < -0.3 is 28.4 Å². The van der Waals surface area contributed by atoms with Gasteiger partial charge in [0, 0.05) is 0 Å². The number of benzene rings is 2. The topological polar surface area (TPSA) is 55.4 Å². The first-order valence-corrected chi connectivity index (χ1v) is 10.5. The smallest absolute Gasteiger partial charge is 0.224 e. The van der Waals surface area contributed by atoms with Crippen LogP contribution < -0.4 is 0 Å². The molecule has 0 saturated carbocycles. The Morgan fingerprint density at radius 1 is 0.900 bits per heavy atom. The molecule has 6 heteroatoms. The van der Waals surface area contributed by atoms with Crippen LogP contribution in [0.15, 0.2) is 54.6 Å². The summed E-state index contributed by atoms with van der Waals surface area (Å²) in [7, 11) is 0. The third kappa shape index (κ3) is 3.91. The van der Waals surface area contributed by atoms with Gasteiger partial charge in [-0.2, -0.15) is 0 Å². The molecule has 0 aromatic heterocycles. The molecule has 2 fully saturated rings. The highest BCUT2D eigenvalue weighted by molar-refractivity contribution is 5.26. The van der Waals surface area contributed by atoms with Crippen molar-refractivity contribution in [3.63, 3.8) is 0 Å². The lowest BCUT2D eigenvalue weighted by atomic mass is 9.95. The molecule has 3 heterocycles. The van der Waals surface area contributed by atoms with Crippen LogP contribution in [-0.2, 0) is 48.2 Å². The Hall–Kier alpha value is -1.80. The molecule has 1 spiro atoms. The molecule has 0 radical (unpaired) electrons. The van der Waals surface area contributed by atoms with Crippen LogP contribution in [0.4, 0.5) is 0 Å². The van der Waals surface area contributed by atoms with Crippen molar-refractivity contribution in [3.05, 3.63) is 71.3 Å². The maximum Gasteiger partial charge on any atom is 0.224 e. The quantitative estimate of drug-likeness (QED) is 0.768. The lowest BCUT2D eigenvalue weighted by molar-refractivity contribution is -0.357. The van der Waals surface area contributed by atoms with Gasteiger partial charge >= 0.3 is 0 Å². The highest BCUT2D eigenvalue weighted by Gasteiger charge is 2.60. The van der Waals surface area contributed by atoms with Crippen LogP contribution in [0.3, 0.4) is 0 Å². The molecule has 0 unspecified atom stereocenters. The first-order chi connectivity index (χ1) is 14.5. The average molecular weight is 412 g/mol. The van der Waals surface area contributed by atoms with Crippen molar-refractivity contribution in [2.24, 2.45) is 0 Å². The first kappa shape index (κ1) is 20.1. The lowest BCUT2D eigenvalue weighted by Crippen LogP contribution is -2.64. The fraction of sp³-hybridized carbons (Fsp3) is 0.500. The average Bonchev–Trinajstić information content (AvgIpc) is 3.05. The number of rotatable bonds is 3. The summed E-state index contributed by atoms with van der Waals surface area (Å²) in [6.45, 7) is 5.84. The van der Waals surface area contributed by atoms with Gasteiger partial charge in [0.05, 0.1) is 26.4 Å². The van der Waals surface area contributed by atoms with E-state index in [4.69, 9.17) is 28.4 Å². The van der Waals surface area contributed by atoms with Crippen molar-refractivity contribution in [2.45, 2.75) is 63.6 Å². The predicted octanol–water partition coefficient (Wildman–Crippen LogP) is 3.57. The van der Waals surface area contributed by atoms with Gasteiger partial charge in [0.2, 0.25) is 5.79 Å². The van der Waals surface area contributed by atoms with Gasteiger partial charge in [0.1, 0.15) is 24.9 Å². The minimum absolute atomic E-state index is 0.253. The van der Waals surface area contributed by atoms with E-state index in [9.17, 15) is 0 Å². The molecule has 3 aliphatic rings. The molecule has 160 valence electrons. The van der Waals surface area contributed by atoms with Gasteiger partial charge in [-0.1, -0.05) is 54.6 Å². The molecule has 2 saturated heterocycles. The summed E-state index contributed by atoms with van der Waals surface area (Å²) in [5, 5.41) is 0. The van der Waals surface area contributed by atoms with E-state index in [0.717, 1.165) is 16.7 Å². The molecule has 3 aliphatic heterocycles. The van der Waals surface area contributed by atoms with Crippen LogP contribution >= 0.6 is 0 Å². The zero-order valence-electron chi connectivity index (χ0n) is 17.4. The van der Waals surface area contributed by atoms with Crippen LogP contribution in [0, 0.1) is 0 Å². The molecule has 6 nitrogen and oxygen atoms in total. The second-order valence-corrected chi connectivity index (χ2v) is 8.52. The van der Waals surface area contributed by atoms with Crippen molar-refractivity contribution >= 4 is 0 Å². The van der Waals surface area contributed by atoms with Gasteiger partial charge in [-0.05, 0) is 30.5 Å². The maximum absolute atomic E-state index is 6.42. The number of fused-ring (bicyclic) bond motifs is 2. The lowest BCUT2D eigenvalue weighted by Gasteiger charge is -2.47. The minimum atomic E-state index is -1.03. The van der Waals surface area contributed by atoms with E-state index < -0.39 is 17.7 Å². The zero-order chi connectivity index (χ0) is 20.6. The summed E-state index contributed by atoms with van der Waals surface area (Å²) < 4.78 is 37.4. The fourth-order valence-corrected chi connectivity index (χ4v) is 4.35. The molecule has 30 heavy (non-hydrogen) atoms. The van der Waals surface area contributed by atoms with Gasteiger partial charge in [-0.25, -0.2) is 0 Å². The Balaban J connectivity index is 1.42. The Kier molecular flexibility index (Phi) is 5.39. The van der Waals surface area contributed by atoms with Gasteiger partial charge in [-0.15, -0.1) is 0 Å². The van der Waals surface area contributed by atoms with Gasteiger partial charge in [0.15, 0.2) is 5.79 Å². The Morgan fingerprint density at radius 3 is 2.30 bits per heavy atom. The van der Waals surface area contributed by atoms with Crippen LogP contribution in [-0.4, -0.2) is 43.1 Å². The van der Waals surface area contributed by atoms with Crippen molar-refractivity contribution in [2.75, 3.05) is 13.2 Å². The van der Waals surface area contributed by atoms with Crippen molar-refractivity contribution in [1.29, 1.82) is 0 Å².